The maximum absolute atomic E-state index is 11.2. The van der Waals surface area contributed by atoms with Crippen LogP contribution in [0, 0.1) is 0 Å². The van der Waals surface area contributed by atoms with E-state index in [1.165, 1.54) is 20.8 Å². The van der Waals surface area contributed by atoms with Gasteiger partial charge < -0.3 is 23.7 Å². The van der Waals surface area contributed by atoms with Crippen molar-refractivity contribution < 1.29 is 38.1 Å². The van der Waals surface area contributed by atoms with Crippen LogP contribution in [0.2, 0.25) is 0 Å². The average Bonchev–Trinajstić information content (AvgIpc) is 2.74. The number of hydrogen-bond donors (Lipinski definition) is 0. The molecule has 5 atom stereocenters. The van der Waals surface area contributed by atoms with E-state index in [4.69, 9.17) is 23.7 Å². The zero-order chi connectivity index (χ0) is 14.9. The molecule has 0 aromatic carbocycles. The lowest BCUT2D eigenvalue weighted by atomic mass is 10.00. The largest absolute Gasteiger partial charge is 0.456 e. The molecule has 1 unspecified atom stereocenters. The zero-order valence-electron chi connectivity index (χ0n) is 11.4. The lowest BCUT2D eigenvalue weighted by molar-refractivity contribution is -0.250. The number of hydrogen-bond acceptors (Lipinski definition) is 8. The van der Waals surface area contributed by atoms with Gasteiger partial charge in [0.2, 0.25) is 0 Å². The number of fused-ring (bicyclic) bond motifs is 2. The van der Waals surface area contributed by atoms with Gasteiger partial charge in [0, 0.05) is 20.8 Å². The quantitative estimate of drug-likeness (QED) is 0.508. The van der Waals surface area contributed by atoms with Crippen molar-refractivity contribution in [2.75, 3.05) is 6.61 Å². The van der Waals surface area contributed by atoms with Crippen LogP contribution >= 0.6 is 0 Å². The summed E-state index contributed by atoms with van der Waals surface area (Å²) < 4.78 is 26.2. The van der Waals surface area contributed by atoms with Crippen LogP contribution in [0.5, 0.6) is 0 Å². The van der Waals surface area contributed by atoms with Crippen LogP contribution in [0.1, 0.15) is 20.8 Å². The molecule has 2 rings (SSSR count). The van der Waals surface area contributed by atoms with Gasteiger partial charge in [0.05, 0.1) is 6.61 Å². The van der Waals surface area contributed by atoms with E-state index in [-0.39, 0.29) is 6.61 Å². The lowest BCUT2D eigenvalue weighted by Crippen LogP contribution is -2.58. The predicted molar refractivity (Wildman–Crippen MR) is 61.3 cm³/mol. The third kappa shape index (κ3) is 3.07. The minimum Gasteiger partial charge on any atom is -0.456 e. The minimum absolute atomic E-state index is 0.165. The Morgan fingerprint density at radius 3 is 1.90 bits per heavy atom. The Labute approximate surface area is 115 Å². The molecule has 2 fully saturated rings. The van der Waals surface area contributed by atoms with Crippen molar-refractivity contribution in [2.45, 2.75) is 51.5 Å². The molecule has 0 amide bonds. The number of carbonyl (C=O) groups excluding carboxylic acids is 3. The molecule has 2 bridgehead atoms. The first-order valence-electron chi connectivity index (χ1n) is 6.17. The van der Waals surface area contributed by atoms with Crippen LogP contribution in [0.25, 0.3) is 0 Å². The first-order chi connectivity index (χ1) is 9.38. The molecular weight excluding hydrogens is 272 g/mol. The smallest absolute Gasteiger partial charge is 0.303 e. The summed E-state index contributed by atoms with van der Waals surface area (Å²) in [6.07, 6.45) is -4.19. The molecule has 0 spiro atoms. The zero-order valence-corrected chi connectivity index (χ0v) is 11.4. The van der Waals surface area contributed by atoms with Crippen molar-refractivity contribution in [2.24, 2.45) is 0 Å². The van der Waals surface area contributed by atoms with Gasteiger partial charge >= 0.3 is 17.9 Å². The predicted octanol–water partition coefficient (Wildman–Crippen LogP) is -0.463. The fourth-order valence-corrected chi connectivity index (χ4v) is 2.31. The Morgan fingerprint density at radius 2 is 1.35 bits per heavy atom. The number of esters is 3. The highest BCUT2D eigenvalue weighted by molar-refractivity contribution is 5.68. The minimum atomic E-state index is -0.973. The Balaban J connectivity index is 2.24. The third-order valence-electron chi connectivity index (χ3n) is 2.92. The summed E-state index contributed by atoms with van der Waals surface area (Å²) in [5.41, 5.74) is 0. The van der Waals surface area contributed by atoms with E-state index in [1.807, 2.05) is 0 Å². The summed E-state index contributed by atoms with van der Waals surface area (Å²) in [6, 6.07) is 0. The van der Waals surface area contributed by atoms with Crippen molar-refractivity contribution >= 4 is 17.9 Å². The van der Waals surface area contributed by atoms with Crippen LogP contribution in [-0.4, -0.2) is 55.2 Å². The SMILES string of the molecule is CC(=O)O[C@@H]1[C@@H](OC(C)=O)[C@@H]2OCC(O2)[C@@H]1OC(C)=O. The van der Waals surface area contributed by atoms with Gasteiger partial charge in [-0.2, -0.15) is 0 Å². The molecular formula is C12H16O8. The Hall–Kier alpha value is -1.67. The summed E-state index contributed by atoms with van der Waals surface area (Å²) >= 11 is 0. The monoisotopic (exact) mass is 288 g/mol. The number of rotatable bonds is 3. The van der Waals surface area contributed by atoms with E-state index in [1.54, 1.807) is 0 Å². The molecule has 0 N–H and O–H groups in total. The molecule has 0 aliphatic carbocycles. The van der Waals surface area contributed by atoms with E-state index >= 15 is 0 Å². The Bertz CT molecular complexity index is 390. The highest BCUT2D eigenvalue weighted by atomic mass is 16.8. The van der Waals surface area contributed by atoms with Gasteiger partial charge in [-0.15, -0.1) is 0 Å². The van der Waals surface area contributed by atoms with E-state index in [2.05, 4.69) is 0 Å². The van der Waals surface area contributed by atoms with Gasteiger partial charge in [-0.05, 0) is 0 Å². The Kier molecular flexibility index (Phi) is 4.24. The molecule has 0 radical (unpaired) electrons. The van der Waals surface area contributed by atoms with Crippen LogP contribution in [-0.2, 0) is 38.1 Å². The number of carbonyl (C=O) groups is 3. The van der Waals surface area contributed by atoms with E-state index in [0.29, 0.717) is 0 Å². The topological polar surface area (TPSA) is 97.4 Å². The molecule has 8 heteroatoms. The lowest BCUT2D eigenvalue weighted by Gasteiger charge is -2.38. The van der Waals surface area contributed by atoms with E-state index in [9.17, 15) is 14.4 Å². The van der Waals surface area contributed by atoms with Gasteiger partial charge in [0.1, 0.15) is 6.10 Å². The molecule has 112 valence electrons. The molecule has 2 saturated heterocycles. The fraction of sp³-hybridized carbons (Fsp3) is 0.750. The van der Waals surface area contributed by atoms with Crippen LogP contribution < -0.4 is 0 Å². The van der Waals surface area contributed by atoms with Gasteiger partial charge in [0.15, 0.2) is 24.6 Å². The van der Waals surface area contributed by atoms with E-state index < -0.39 is 48.6 Å². The van der Waals surface area contributed by atoms with Gasteiger partial charge in [0.25, 0.3) is 0 Å². The van der Waals surface area contributed by atoms with Crippen molar-refractivity contribution in [3.05, 3.63) is 0 Å². The van der Waals surface area contributed by atoms with Gasteiger partial charge in [-0.25, -0.2) is 0 Å². The van der Waals surface area contributed by atoms with Crippen LogP contribution in [0.3, 0.4) is 0 Å². The maximum Gasteiger partial charge on any atom is 0.303 e. The first-order valence-corrected chi connectivity index (χ1v) is 6.17. The van der Waals surface area contributed by atoms with Crippen molar-refractivity contribution in [3.8, 4) is 0 Å². The normalized spacial score (nSPS) is 35.2. The van der Waals surface area contributed by atoms with Crippen LogP contribution in [0.15, 0.2) is 0 Å². The molecule has 2 aliphatic rings. The second kappa shape index (κ2) is 5.76. The fourth-order valence-electron chi connectivity index (χ4n) is 2.31. The van der Waals surface area contributed by atoms with E-state index in [0.717, 1.165) is 0 Å². The van der Waals surface area contributed by atoms with Crippen molar-refractivity contribution in [1.29, 1.82) is 0 Å². The molecule has 0 aromatic rings. The summed E-state index contributed by atoms with van der Waals surface area (Å²) in [4.78, 5) is 33.6. The maximum atomic E-state index is 11.2. The second-order valence-corrected chi connectivity index (χ2v) is 4.60. The third-order valence-corrected chi connectivity index (χ3v) is 2.92. The first kappa shape index (κ1) is 14.7. The summed E-state index contributed by atoms with van der Waals surface area (Å²) in [5.74, 6) is -1.71. The standard InChI is InChI=1S/C12H16O8/c1-5(13)17-9-8-4-16-12(20-8)11(19-7(3)15)10(9)18-6(2)14/h8-12H,4H2,1-3H3/t8?,9-,10-,11+,12+/m0/s1. The van der Waals surface area contributed by atoms with Crippen molar-refractivity contribution in [3.63, 3.8) is 0 Å². The highest BCUT2D eigenvalue weighted by Crippen LogP contribution is 2.33. The highest BCUT2D eigenvalue weighted by Gasteiger charge is 2.55. The molecule has 2 aliphatic heterocycles. The Morgan fingerprint density at radius 1 is 0.850 bits per heavy atom. The summed E-state index contributed by atoms with van der Waals surface area (Å²) in [6.45, 7) is 3.83. The second-order valence-electron chi connectivity index (χ2n) is 4.60. The number of ether oxygens (including phenoxy) is 5. The summed E-state index contributed by atoms with van der Waals surface area (Å²) in [5, 5.41) is 0. The molecule has 0 saturated carbocycles. The van der Waals surface area contributed by atoms with Crippen LogP contribution in [0.4, 0.5) is 0 Å². The molecule has 2 heterocycles. The molecule has 8 nitrogen and oxygen atoms in total. The van der Waals surface area contributed by atoms with Gasteiger partial charge in [-0.1, -0.05) is 0 Å². The van der Waals surface area contributed by atoms with Crippen molar-refractivity contribution in [1.82, 2.24) is 0 Å². The van der Waals surface area contributed by atoms with Gasteiger partial charge in [-0.3, -0.25) is 14.4 Å². The molecule has 20 heavy (non-hydrogen) atoms. The summed E-state index contributed by atoms with van der Waals surface area (Å²) in [7, 11) is 0. The molecule has 0 aromatic heterocycles. The average molecular weight is 288 g/mol.